The second-order valence-electron chi connectivity index (χ2n) is 10.2. The lowest BCUT2D eigenvalue weighted by Gasteiger charge is -2.34. The molecule has 5 nitrogen and oxygen atoms in total. The number of allylic oxidation sites excluding steroid dienone is 1. The fourth-order valence-corrected chi connectivity index (χ4v) is 5.14. The van der Waals surface area contributed by atoms with Crippen molar-refractivity contribution in [3.8, 4) is 0 Å². The van der Waals surface area contributed by atoms with Crippen LogP contribution in [-0.2, 0) is 9.53 Å². The number of aryl methyl sites for hydroxylation is 1. The molecule has 7 atom stereocenters. The molecule has 0 aromatic carbocycles. The van der Waals surface area contributed by atoms with E-state index in [-0.39, 0.29) is 12.3 Å². The summed E-state index contributed by atoms with van der Waals surface area (Å²) in [5.41, 5.74) is 3.09. The molecule has 0 fully saturated rings. The average Bonchev–Trinajstić information content (AvgIpc) is 3.17. The molecule has 1 aliphatic rings. The molecule has 0 amide bonds. The number of hydrogen-bond acceptors (Lipinski definition) is 6. The van der Waals surface area contributed by atoms with E-state index in [0.717, 1.165) is 35.5 Å². The van der Waals surface area contributed by atoms with Gasteiger partial charge in [-0.3, -0.25) is 4.79 Å². The molecule has 0 bridgehead atoms. The van der Waals surface area contributed by atoms with E-state index in [9.17, 15) is 15.0 Å². The zero-order chi connectivity index (χ0) is 24.7. The van der Waals surface area contributed by atoms with Gasteiger partial charge in [0.05, 0.1) is 29.3 Å². The summed E-state index contributed by atoms with van der Waals surface area (Å²) in [5.74, 6) is -0.0227. The van der Waals surface area contributed by atoms with Gasteiger partial charge in [0.1, 0.15) is 6.10 Å². The van der Waals surface area contributed by atoms with Crippen LogP contribution in [0.25, 0.3) is 6.08 Å². The number of carbonyl (C=O) groups is 1. The highest BCUT2D eigenvalue weighted by Crippen LogP contribution is 2.32. The first-order valence-electron chi connectivity index (χ1n) is 12.3. The Balaban J connectivity index is 2.26. The second-order valence-corrected chi connectivity index (χ2v) is 11.2. The van der Waals surface area contributed by atoms with Crippen LogP contribution < -0.4 is 0 Å². The number of aliphatic hydroxyl groups excluding tert-OH is 2. The Morgan fingerprint density at radius 2 is 1.85 bits per heavy atom. The zero-order valence-electron chi connectivity index (χ0n) is 21.4. The van der Waals surface area contributed by atoms with E-state index in [1.54, 1.807) is 11.3 Å². The number of hydrogen-bond donors (Lipinski definition) is 2. The lowest BCUT2D eigenvalue weighted by atomic mass is 9.75. The molecule has 1 aliphatic heterocycles. The van der Waals surface area contributed by atoms with Gasteiger partial charge in [0, 0.05) is 17.7 Å². The third kappa shape index (κ3) is 8.34. The van der Waals surface area contributed by atoms with E-state index in [1.165, 1.54) is 5.57 Å². The molecule has 2 rings (SSSR count). The minimum Gasteiger partial charge on any atom is -0.457 e. The Morgan fingerprint density at radius 3 is 2.48 bits per heavy atom. The van der Waals surface area contributed by atoms with Crippen LogP contribution in [0.3, 0.4) is 0 Å². The van der Waals surface area contributed by atoms with E-state index in [0.29, 0.717) is 18.3 Å². The van der Waals surface area contributed by atoms with E-state index >= 15 is 0 Å². The van der Waals surface area contributed by atoms with Crippen molar-refractivity contribution < 1.29 is 19.7 Å². The molecule has 2 N–H and O–H groups in total. The first-order valence-corrected chi connectivity index (χ1v) is 13.2. The van der Waals surface area contributed by atoms with Crippen LogP contribution in [0, 0.1) is 30.6 Å². The molecule has 1 aromatic heterocycles. The van der Waals surface area contributed by atoms with Gasteiger partial charge in [0.2, 0.25) is 0 Å². The number of carbonyl (C=O) groups excluding carboxylic acids is 1. The van der Waals surface area contributed by atoms with Crippen LogP contribution in [0.15, 0.2) is 22.6 Å². The van der Waals surface area contributed by atoms with Crippen LogP contribution in [0.4, 0.5) is 0 Å². The molecule has 1 aromatic rings. The summed E-state index contributed by atoms with van der Waals surface area (Å²) < 4.78 is 5.84. The monoisotopic (exact) mass is 477 g/mol. The van der Waals surface area contributed by atoms with Gasteiger partial charge in [-0.2, -0.15) is 0 Å². The summed E-state index contributed by atoms with van der Waals surface area (Å²) in [5, 5.41) is 24.6. The standard InChI is InChI=1S/C27H43NO4S/c1-16-9-8-10-17(2)19(4)20(5)27(31)21(6)24(29)14-26(30)32-25(12-11-16)18(3)13-23-15-33-22(7)28-23/h11,13,15,17,19-21,24-25,27,29,31H,8-10,12,14H2,1-7H3/b16-11-,18-13+/t17-,19-,20+,21+,24-,25-,27+/m0/s1. The Hall–Kier alpha value is -1.50. The van der Waals surface area contributed by atoms with Crippen molar-refractivity contribution in [1.82, 2.24) is 4.98 Å². The van der Waals surface area contributed by atoms with Gasteiger partial charge in [0.15, 0.2) is 0 Å². The van der Waals surface area contributed by atoms with Crippen LogP contribution in [-0.4, -0.2) is 39.5 Å². The zero-order valence-corrected chi connectivity index (χ0v) is 22.2. The Bertz CT molecular complexity index is 830. The Morgan fingerprint density at radius 1 is 1.15 bits per heavy atom. The van der Waals surface area contributed by atoms with Gasteiger partial charge in [-0.25, -0.2) is 4.98 Å². The van der Waals surface area contributed by atoms with Crippen molar-refractivity contribution in [2.75, 3.05) is 0 Å². The minimum atomic E-state index is -0.950. The number of esters is 1. The van der Waals surface area contributed by atoms with Crippen LogP contribution in [0.2, 0.25) is 0 Å². The van der Waals surface area contributed by atoms with Gasteiger partial charge in [0.25, 0.3) is 0 Å². The molecule has 0 unspecified atom stereocenters. The summed E-state index contributed by atoms with van der Waals surface area (Å²) in [6, 6.07) is 0. The van der Waals surface area contributed by atoms with Crippen molar-refractivity contribution in [1.29, 1.82) is 0 Å². The van der Waals surface area contributed by atoms with E-state index in [1.807, 2.05) is 39.2 Å². The predicted molar refractivity (Wildman–Crippen MR) is 136 cm³/mol. The minimum absolute atomic E-state index is 0.0321. The number of ether oxygens (including phenoxy) is 1. The summed E-state index contributed by atoms with van der Waals surface area (Å²) in [7, 11) is 0. The molecule has 33 heavy (non-hydrogen) atoms. The van der Waals surface area contributed by atoms with Crippen molar-refractivity contribution >= 4 is 23.4 Å². The molecule has 0 spiro atoms. The predicted octanol–water partition coefficient (Wildman–Crippen LogP) is 5.94. The van der Waals surface area contributed by atoms with Gasteiger partial charge in [-0.15, -0.1) is 11.3 Å². The van der Waals surface area contributed by atoms with Gasteiger partial charge >= 0.3 is 5.97 Å². The number of cyclic esters (lactones) is 1. The van der Waals surface area contributed by atoms with Crippen molar-refractivity contribution in [2.24, 2.45) is 23.7 Å². The summed E-state index contributed by atoms with van der Waals surface area (Å²) in [6.07, 6.45) is 5.78. The molecule has 0 radical (unpaired) electrons. The molecular weight excluding hydrogens is 434 g/mol. The van der Waals surface area contributed by atoms with Crippen LogP contribution in [0.5, 0.6) is 0 Å². The van der Waals surface area contributed by atoms with Crippen molar-refractivity contribution in [3.63, 3.8) is 0 Å². The van der Waals surface area contributed by atoms with Crippen molar-refractivity contribution in [2.45, 2.75) is 98.9 Å². The van der Waals surface area contributed by atoms with Gasteiger partial charge in [-0.05, 0) is 63.0 Å². The lowest BCUT2D eigenvalue weighted by molar-refractivity contribution is -0.151. The average molecular weight is 478 g/mol. The number of nitrogens with zero attached hydrogens (tertiary/aromatic N) is 1. The number of aliphatic hydroxyl groups is 2. The number of aromatic nitrogens is 1. The normalized spacial score (nSPS) is 35.5. The maximum absolute atomic E-state index is 12.8. The molecule has 186 valence electrons. The first-order chi connectivity index (χ1) is 15.5. The molecule has 6 heteroatoms. The molecule has 0 saturated carbocycles. The largest absolute Gasteiger partial charge is 0.457 e. The second kappa shape index (κ2) is 12.8. The van der Waals surface area contributed by atoms with Crippen LogP contribution >= 0.6 is 11.3 Å². The highest BCUT2D eigenvalue weighted by atomic mass is 32.1. The number of thiazole rings is 1. The SMILES string of the molecule is C/C1=C/C[C@@H](/C(C)=C/c2csc(C)n2)OC(=O)C[C@H](O)[C@@H](C)[C@H](O)[C@H](C)[C@@H](C)[C@@H](C)CCC1. The maximum Gasteiger partial charge on any atom is 0.309 e. The van der Waals surface area contributed by atoms with Crippen molar-refractivity contribution in [3.05, 3.63) is 33.3 Å². The fourth-order valence-electron chi connectivity index (χ4n) is 4.57. The third-order valence-electron chi connectivity index (χ3n) is 7.49. The topological polar surface area (TPSA) is 79.7 Å². The number of rotatable bonds is 2. The lowest BCUT2D eigenvalue weighted by Crippen LogP contribution is -2.39. The molecule has 0 aliphatic carbocycles. The highest BCUT2D eigenvalue weighted by molar-refractivity contribution is 7.09. The molecule has 0 saturated heterocycles. The first kappa shape index (κ1) is 27.7. The van der Waals surface area contributed by atoms with E-state index in [2.05, 4.69) is 31.8 Å². The smallest absolute Gasteiger partial charge is 0.309 e. The van der Waals surface area contributed by atoms with E-state index < -0.39 is 30.2 Å². The Labute approximate surface area is 204 Å². The Kier molecular flexibility index (Phi) is 10.8. The summed E-state index contributed by atoms with van der Waals surface area (Å²) in [4.78, 5) is 17.3. The third-order valence-corrected chi connectivity index (χ3v) is 8.28. The van der Waals surface area contributed by atoms with E-state index in [4.69, 9.17) is 4.74 Å². The quantitative estimate of drug-likeness (QED) is 0.407. The highest BCUT2D eigenvalue weighted by Gasteiger charge is 2.33. The van der Waals surface area contributed by atoms with Gasteiger partial charge < -0.3 is 14.9 Å². The maximum atomic E-state index is 12.8. The summed E-state index contributed by atoms with van der Waals surface area (Å²) in [6.45, 7) is 14.4. The fraction of sp³-hybridized carbons (Fsp3) is 0.704. The molecular formula is C27H43NO4S. The van der Waals surface area contributed by atoms with Crippen LogP contribution in [0.1, 0.15) is 84.3 Å². The van der Waals surface area contributed by atoms with Gasteiger partial charge in [-0.1, -0.05) is 45.8 Å². The summed E-state index contributed by atoms with van der Waals surface area (Å²) >= 11 is 1.59. The molecule has 2 heterocycles.